The summed E-state index contributed by atoms with van der Waals surface area (Å²) in [6.45, 7) is 8.43. The number of anilines is 1. The molecule has 2 saturated heterocycles. The van der Waals surface area contributed by atoms with Crippen LogP contribution in [0, 0.1) is 6.92 Å². The maximum atomic E-state index is 13.4. The van der Waals surface area contributed by atoms with Gasteiger partial charge in [-0.05, 0) is 24.1 Å². The van der Waals surface area contributed by atoms with E-state index in [4.69, 9.17) is 4.74 Å². The Balaban J connectivity index is 1.51. The summed E-state index contributed by atoms with van der Waals surface area (Å²) in [6, 6.07) is 18.6. The number of hydrogen-bond acceptors (Lipinski definition) is 4. The minimum atomic E-state index is -0.210. The van der Waals surface area contributed by atoms with Gasteiger partial charge >= 0.3 is 0 Å². The van der Waals surface area contributed by atoms with Crippen LogP contribution in [0.2, 0.25) is 0 Å². The number of piperazine rings is 1. The van der Waals surface area contributed by atoms with Crippen LogP contribution in [0.5, 0.6) is 0 Å². The summed E-state index contributed by atoms with van der Waals surface area (Å²) in [5.74, 6) is 0.207. The van der Waals surface area contributed by atoms with Gasteiger partial charge in [-0.1, -0.05) is 48.5 Å². The number of nitrogens with zero attached hydrogens (tertiary/aromatic N) is 3. The number of aryl methyl sites for hydroxylation is 1. The Morgan fingerprint density at radius 2 is 1.50 bits per heavy atom. The molecular formula is C23H29N3O2. The molecule has 148 valence electrons. The van der Waals surface area contributed by atoms with Crippen molar-refractivity contribution in [3.8, 4) is 0 Å². The third-order valence-electron chi connectivity index (χ3n) is 5.81. The van der Waals surface area contributed by atoms with Crippen molar-refractivity contribution in [3.05, 3.63) is 65.7 Å². The number of hydrogen-bond donors (Lipinski definition) is 0. The summed E-state index contributed by atoms with van der Waals surface area (Å²) in [5, 5.41) is 0. The summed E-state index contributed by atoms with van der Waals surface area (Å²) in [6.07, 6.45) is 0. The standard InChI is InChI=1S/C23H29N3O2/c1-19-7-5-6-10-21(19)24-11-13-25(14-12-24)22(20-8-3-2-4-9-20)23(27)26-15-17-28-18-16-26/h2-10,22H,11-18H2,1H3/t22-/m0/s1. The quantitative estimate of drug-likeness (QED) is 0.818. The zero-order valence-corrected chi connectivity index (χ0v) is 16.6. The smallest absolute Gasteiger partial charge is 0.244 e. The lowest BCUT2D eigenvalue weighted by molar-refractivity contribution is -0.141. The second-order valence-electron chi connectivity index (χ2n) is 7.56. The van der Waals surface area contributed by atoms with Crippen molar-refractivity contribution in [2.24, 2.45) is 0 Å². The number of morpholine rings is 1. The van der Waals surface area contributed by atoms with E-state index in [-0.39, 0.29) is 11.9 Å². The molecule has 2 aliphatic heterocycles. The van der Waals surface area contributed by atoms with Gasteiger partial charge < -0.3 is 14.5 Å². The molecule has 0 aromatic heterocycles. The second kappa shape index (κ2) is 8.76. The van der Waals surface area contributed by atoms with Gasteiger partial charge in [0.2, 0.25) is 5.91 Å². The van der Waals surface area contributed by atoms with Crippen LogP contribution in [-0.4, -0.2) is 68.2 Å². The first-order valence-electron chi connectivity index (χ1n) is 10.2. The molecular weight excluding hydrogens is 350 g/mol. The van der Waals surface area contributed by atoms with Crippen LogP contribution in [0.1, 0.15) is 17.2 Å². The highest BCUT2D eigenvalue weighted by atomic mass is 16.5. The molecule has 5 nitrogen and oxygen atoms in total. The van der Waals surface area contributed by atoms with Gasteiger partial charge in [0.1, 0.15) is 6.04 Å². The Morgan fingerprint density at radius 3 is 2.18 bits per heavy atom. The van der Waals surface area contributed by atoms with Gasteiger partial charge in [0.15, 0.2) is 0 Å². The van der Waals surface area contributed by atoms with Crippen LogP contribution in [0.4, 0.5) is 5.69 Å². The van der Waals surface area contributed by atoms with Crippen LogP contribution in [-0.2, 0) is 9.53 Å². The molecule has 1 amide bonds. The molecule has 2 aromatic rings. The lowest BCUT2D eigenvalue weighted by Crippen LogP contribution is -2.53. The molecule has 0 N–H and O–H groups in total. The average Bonchev–Trinajstić information content (AvgIpc) is 2.76. The monoisotopic (exact) mass is 379 g/mol. The van der Waals surface area contributed by atoms with Crippen molar-refractivity contribution in [2.45, 2.75) is 13.0 Å². The molecule has 0 unspecified atom stereocenters. The topological polar surface area (TPSA) is 36.0 Å². The van der Waals surface area contributed by atoms with Gasteiger partial charge in [-0.3, -0.25) is 9.69 Å². The van der Waals surface area contributed by atoms with E-state index >= 15 is 0 Å². The minimum Gasteiger partial charge on any atom is -0.378 e. The van der Waals surface area contributed by atoms with Gasteiger partial charge in [-0.2, -0.15) is 0 Å². The molecule has 0 aliphatic carbocycles. The van der Waals surface area contributed by atoms with Gasteiger partial charge in [-0.25, -0.2) is 0 Å². The molecule has 2 aliphatic rings. The summed E-state index contributed by atoms with van der Waals surface area (Å²) >= 11 is 0. The van der Waals surface area contributed by atoms with Crippen molar-refractivity contribution in [3.63, 3.8) is 0 Å². The number of amides is 1. The van der Waals surface area contributed by atoms with Crippen LogP contribution >= 0.6 is 0 Å². The first-order valence-corrected chi connectivity index (χ1v) is 10.2. The molecule has 1 atom stereocenters. The van der Waals surface area contributed by atoms with E-state index in [2.05, 4.69) is 53.1 Å². The van der Waals surface area contributed by atoms with Crippen molar-refractivity contribution in [2.75, 3.05) is 57.4 Å². The minimum absolute atomic E-state index is 0.207. The zero-order valence-electron chi connectivity index (χ0n) is 16.6. The molecule has 2 heterocycles. The second-order valence-corrected chi connectivity index (χ2v) is 7.56. The van der Waals surface area contributed by atoms with E-state index in [1.54, 1.807) is 0 Å². The van der Waals surface area contributed by atoms with Gasteiger partial charge in [0.25, 0.3) is 0 Å². The predicted octanol–water partition coefficient (Wildman–Crippen LogP) is 2.72. The number of benzene rings is 2. The molecule has 0 bridgehead atoms. The van der Waals surface area contributed by atoms with E-state index in [1.807, 2.05) is 23.1 Å². The lowest BCUT2D eigenvalue weighted by Gasteiger charge is -2.42. The molecule has 2 fully saturated rings. The maximum absolute atomic E-state index is 13.4. The fraction of sp³-hybridized carbons (Fsp3) is 0.435. The number of carbonyl (C=O) groups excluding carboxylic acids is 1. The normalized spacial score (nSPS) is 19.5. The highest BCUT2D eigenvalue weighted by Gasteiger charge is 2.34. The highest BCUT2D eigenvalue weighted by molar-refractivity contribution is 5.83. The summed E-state index contributed by atoms with van der Waals surface area (Å²) in [5.41, 5.74) is 3.70. The highest BCUT2D eigenvalue weighted by Crippen LogP contribution is 2.27. The zero-order chi connectivity index (χ0) is 19.3. The summed E-state index contributed by atoms with van der Waals surface area (Å²) in [7, 11) is 0. The first-order chi connectivity index (χ1) is 13.7. The Hall–Kier alpha value is -2.37. The molecule has 2 aromatic carbocycles. The number of carbonyl (C=O) groups is 1. The molecule has 28 heavy (non-hydrogen) atoms. The average molecular weight is 380 g/mol. The van der Waals surface area contributed by atoms with Crippen molar-refractivity contribution >= 4 is 11.6 Å². The van der Waals surface area contributed by atoms with Gasteiger partial charge in [-0.15, -0.1) is 0 Å². The first kappa shape index (κ1) is 19.0. The van der Waals surface area contributed by atoms with Crippen LogP contribution in [0.25, 0.3) is 0 Å². The van der Waals surface area contributed by atoms with Crippen LogP contribution in [0.3, 0.4) is 0 Å². The summed E-state index contributed by atoms with van der Waals surface area (Å²) < 4.78 is 5.44. The fourth-order valence-corrected chi connectivity index (χ4v) is 4.24. The number of para-hydroxylation sites is 1. The van der Waals surface area contributed by atoms with E-state index in [0.717, 1.165) is 31.7 Å². The predicted molar refractivity (Wildman–Crippen MR) is 112 cm³/mol. The molecule has 4 rings (SSSR count). The Labute approximate surface area is 167 Å². The largest absolute Gasteiger partial charge is 0.378 e. The van der Waals surface area contributed by atoms with E-state index in [9.17, 15) is 4.79 Å². The molecule has 5 heteroatoms. The van der Waals surface area contributed by atoms with Crippen molar-refractivity contribution < 1.29 is 9.53 Å². The van der Waals surface area contributed by atoms with Gasteiger partial charge in [0.05, 0.1) is 13.2 Å². The Morgan fingerprint density at radius 1 is 0.857 bits per heavy atom. The van der Waals surface area contributed by atoms with Crippen molar-refractivity contribution in [1.29, 1.82) is 0 Å². The Bertz CT molecular complexity index is 781. The molecule has 0 saturated carbocycles. The van der Waals surface area contributed by atoms with Gasteiger partial charge in [0, 0.05) is 45.0 Å². The van der Waals surface area contributed by atoms with Crippen LogP contribution in [0.15, 0.2) is 54.6 Å². The maximum Gasteiger partial charge on any atom is 0.244 e. The summed E-state index contributed by atoms with van der Waals surface area (Å²) in [4.78, 5) is 20.2. The number of rotatable bonds is 4. The Kier molecular flexibility index (Phi) is 5.93. The number of ether oxygens (including phenoxy) is 1. The third kappa shape index (κ3) is 4.05. The van der Waals surface area contributed by atoms with E-state index in [1.165, 1.54) is 11.3 Å². The SMILES string of the molecule is Cc1ccccc1N1CCN([C@H](C(=O)N2CCOCC2)c2ccccc2)CC1. The van der Waals surface area contributed by atoms with Crippen molar-refractivity contribution in [1.82, 2.24) is 9.80 Å². The molecule has 0 radical (unpaired) electrons. The lowest BCUT2D eigenvalue weighted by atomic mass is 10.0. The molecule has 0 spiro atoms. The van der Waals surface area contributed by atoms with E-state index in [0.29, 0.717) is 26.3 Å². The third-order valence-corrected chi connectivity index (χ3v) is 5.81. The fourth-order valence-electron chi connectivity index (χ4n) is 4.24. The van der Waals surface area contributed by atoms with Crippen LogP contribution < -0.4 is 4.90 Å². The van der Waals surface area contributed by atoms with E-state index < -0.39 is 0 Å².